The van der Waals surface area contributed by atoms with Crippen molar-refractivity contribution in [3.05, 3.63) is 23.8 Å². The molecule has 0 aliphatic carbocycles. The van der Waals surface area contributed by atoms with E-state index in [2.05, 4.69) is 10.5 Å². The van der Waals surface area contributed by atoms with Crippen molar-refractivity contribution < 1.29 is 14.3 Å². The van der Waals surface area contributed by atoms with E-state index in [1.165, 1.54) is 6.21 Å². The van der Waals surface area contributed by atoms with Gasteiger partial charge in [0, 0.05) is 5.56 Å². The number of amides is 2. The first-order chi connectivity index (χ1) is 7.67. The lowest BCUT2D eigenvalue weighted by atomic mass is 10.2. The fourth-order valence-electron chi connectivity index (χ4n) is 1.11. The van der Waals surface area contributed by atoms with Crippen molar-refractivity contribution in [3.8, 4) is 11.5 Å². The maximum absolute atomic E-state index is 10.4. The number of hydrazone groups is 1. The van der Waals surface area contributed by atoms with Gasteiger partial charge in [-0.15, -0.1) is 0 Å². The summed E-state index contributed by atoms with van der Waals surface area (Å²) >= 11 is 0. The molecule has 0 aliphatic heterocycles. The smallest absolute Gasteiger partial charge is 0.332 e. The first kappa shape index (κ1) is 11.8. The third-order valence-corrected chi connectivity index (χ3v) is 1.82. The number of nitrogens with one attached hydrogen (secondary N) is 1. The lowest BCUT2D eigenvalue weighted by molar-refractivity contribution is 0.249. The highest BCUT2D eigenvalue weighted by atomic mass is 16.5. The van der Waals surface area contributed by atoms with Crippen LogP contribution in [-0.2, 0) is 0 Å². The van der Waals surface area contributed by atoms with Gasteiger partial charge in [0.2, 0.25) is 0 Å². The monoisotopic (exact) mass is 223 g/mol. The third-order valence-electron chi connectivity index (χ3n) is 1.82. The Kier molecular flexibility index (Phi) is 4.14. The second-order valence-corrected chi connectivity index (χ2v) is 2.84. The zero-order valence-electron chi connectivity index (χ0n) is 9.06. The topological polar surface area (TPSA) is 85.9 Å². The second kappa shape index (κ2) is 5.59. The van der Waals surface area contributed by atoms with Gasteiger partial charge in [-0.2, -0.15) is 5.10 Å². The lowest BCUT2D eigenvalue weighted by Gasteiger charge is -2.06. The molecule has 0 radical (unpaired) electrons. The molecule has 0 atom stereocenters. The molecular weight excluding hydrogens is 210 g/mol. The van der Waals surface area contributed by atoms with E-state index in [4.69, 9.17) is 15.2 Å². The number of nitrogens with two attached hydrogens (primary N) is 1. The highest BCUT2D eigenvalue weighted by molar-refractivity contribution is 5.85. The predicted molar refractivity (Wildman–Crippen MR) is 59.9 cm³/mol. The van der Waals surface area contributed by atoms with Crippen molar-refractivity contribution in [2.75, 3.05) is 14.2 Å². The first-order valence-electron chi connectivity index (χ1n) is 4.48. The zero-order chi connectivity index (χ0) is 12.0. The van der Waals surface area contributed by atoms with Gasteiger partial charge in [0.15, 0.2) is 0 Å². The average molecular weight is 223 g/mol. The molecule has 1 aromatic rings. The van der Waals surface area contributed by atoms with Gasteiger partial charge < -0.3 is 15.2 Å². The fraction of sp³-hybridized carbons (Fsp3) is 0.200. The Bertz CT molecular complexity index is 404. The van der Waals surface area contributed by atoms with Crippen LogP contribution in [0.5, 0.6) is 11.5 Å². The van der Waals surface area contributed by atoms with Gasteiger partial charge in [-0.05, 0) is 18.2 Å². The van der Waals surface area contributed by atoms with Crippen molar-refractivity contribution in [2.24, 2.45) is 10.8 Å². The molecule has 0 unspecified atom stereocenters. The minimum absolute atomic E-state index is 0.621. The molecule has 0 fully saturated rings. The van der Waals surface area contributed by atoms with E-state index in [0.717, 1.165) is 0 Å². The van der Waals surface area contributed by atoms with Crippen molar-refractivity contribution in [1.82, 2.24) is 5.43 Å². The number of ether oxygens (including phenoxy) is 2. The number of nitrogens with zero attached hydrogens (tertiary/aromatic N) is 1. The van der Waals surface area contributed by atoms with Gasteiger partial charge >= 0.3 is 6.03 Å². The van der Waals surface area contributed by atoms with Crippen molar-refractivity contribution >= 4 is 12.2 Å². The summed E-state index contributed by atoms with van der Waals surface area (Å²) in [5.74, 6) is 1.29. The molecule has 0 aromatic heterocycles. The molecule has 6 nitrogen and oxygen atoms in total. The number of hydrogen-bond acceptors (Lipinski definition) is 4. The van der Waals surface area contributed by atoms with Gasteiger partial charge in [-0.3, -0.25) is 0 Å². The van der Waals surface area contributed by atoms with Crippen molar-refractivity contribution in [1.29, 1.82) is 0 Å². The highest BCUT2D eigenvalue weighted by Gasteiger charge is 2.02. The molecule has 0 heterocycles. The first-order valence-corrected chi connectivity index (χ1v) is 4.48. The van der Waals surface area contributed by atoms with Crippen molar-refractivity contribution in [2.45, 2.75) is 0 Å². The average Bonchev–Trinajstić information content (AvgIpc) is 2.28. The van der Waals surface area contributed by atoms with E-state index >= 15 is 0 Å². The van der Waals surface area contributed by atoms with Crippen LogP contribution in [0.3, 0.4) is 0 Å². The predicted octanol–water partition coefficient (Wildman–Crippen LogP) is 0.706. The van der Waals surface area contributed by atoms with E-state index in [-0.39, 0.29) is 0 Å². The quantitative estimate of drug-likeness (QED) is 0.582. The standard InChI is InChI=1S/C10H13N3O3/c1-15-8-3-4-9(16-2)7(5-8)6-12-13-10(11)14/h3-6H,1-2H3,(H3,11,13,14)/b12-6+. The minimum Gasteiger partial charge on any atom is -0.497 e. The van der Waals surface area contributed by atoms with Crippen LogP contribution in [0.15, 0.2) is 23.3 Å². The van der Waals surface area contributed by atoms with Crippen LogP contribution in [0.25, 0.3) is 0 Å². The Morgan fingerprint density at radius 3 is 2.75 bits per heavy atom. The van der Waals surface area contributed by atoms with E-state index < -0.39 is 6.03 Å². The van der Waals surface area contributed by atoms with Crippen LogP contribution in [0.2, 0.25) is 0 Å². The molecule has 0 aliphatic rings. The Hall–Kier alpha value is -2.24. The number of methoxy groups -OCH3 is 2. The third kappa shape index (κ3) is 3.16. The molecule has 3 N–H and O–H groups in total. The molecule has 0 saturated carbocycles. The number of primary amides is 1. The summed E-state index contributed by atoms with van der Waals surface area (Å²) in [6.45, 7) is 0. The van der Waals surface area contributed by atoms with Gasteiger partial charge in [0.05, 0.1) is 20.4 Å². The Labute approximate surface area is 93.0 Å². The molecule has 6 heteroatoms. The SMILES string of the molecule is COc1ccc(OC)c(/C=N/NC(N)=O)c1. The molecule has 1 aromatic carbocycles. The fourth-order valence-corrected chi connectivity index (χ4v) is 1.11. The van der Waals surface area contributed by atoms with Gasteiger partial charge in [0.25, 0.3) is 0 Å². The number of hydrogen-bond donors (Lipinski definition) is 2. The largest absolute Gasteiger partial charge is 0.497 e. The number of urea groups is 1. The van der Waals surface area contributed by atoms with E-state index in [0.29, 0.717) is 17.1 Å². The van der Waals surface area contributed by atoms with Gasteiger partial charge in [-0.25, -0.2) is 10.2 Å². The van der Waals surface area contributed by atoms with Crippen LogP contribution >= 0.6 is 0 Å². The van der Waals surface area contributed by atoms with E-state index in [1.54, 1.807) is 32.4 Å². The minimum atomic E-state index is -0.724. The molecular formula is C10H13N3O3. The van der Waals surface area contributed by atoms with E-state index in [1.807, 2.05) is 0 Å². The summed E-state index contributed by atoms with van der Waals surface area (Å²) in [6.07, 6.45) is 1.42. The molecule has 2 amide bonds. The number of carbonyl (C=O) groups is 1. The number of rotatable bonds is 4. The summed E-state index contributed by atoms with van der Waals surface area (Å²) in [4.78, 5) is 10.4. The maximum atomic E-state index is 10.4. The lowest BCUT2D eigenvalue weighted by Crippen LogP contribution is -2.24. The van der Waals surface area contributed by atoms with E-state index in [9.17, 15) is 4.79 Å². The van der Waals surface area contributed by atoms with Gasteiger partial charge in [0.1, 0.15) is 11.5 Å². The van der Waals surface area contributed by atoms with Crippen LogP contribution in [-0.4, -0.2) is 26.5 Å². The molecule has 0 spiro atoms. The number of carbonyl (C=O) groups excluding carboxylic acids is 1. The Morgan fingerprint density at radius 1 is 1.44 bits per heavy atom. The molecule has 0 bridgehead atoms. The molecule has 86 valence electrons. The molecule has 0 saturated heterocycles. The number of benzene rings is 1. The summed E-state index contributed by atoms with van der Waals surface area (Å²) in [7, 11) is 3.10. The highest BCUT2D eigenvalue weighted by Crippen LogP contribution is 2.22. The van der Waals surface area contributed by atoms with Crippen LogP contribution in [0.1, 0.15) is 5.56 Å². The van der Waals surface area contributed by atoms with Gasteiger partial charge in [-0.1, -0.05) is 0 Å². The summed E-state index contributed by atoms with van der Waals surface area (Å²) in [6, 6.07) is 4.51. The molecule has 1 rings (SSSR count). The van der Waals surface area contributed by atoms with Crippen molar-refractivity contribution in [3.63, 3.8) is 0 Å². The summed E-state index contributed by atoms with van der Waals surface area (Å²) in [5, 5.41) is 3.64. The summed E-state index contributed by atoms with van der Waals surface area (Å²) < 4.78 is 10.2. The molecule has 16 heavy (non-hydrogen) atoms. The Morgan fingerprint density at radius 2 is 2.19 bits per heavy atom. The zero-order valence-corrected chi connectivity index (χ0v) is 9.06. The van der Waals surface area contributed by atoms with Crippen LogP contribution in [0.4, 0.5) is 4.79 Å². The Balaban J connectivity index is 2.90. The normalized spacial score (nSPS) is 10.1. The summed E-state index contributed by atoms with van der Waals surface area (Å²) in [5.41, 5.74) is 7.63. The van der Waals surface area contributed by atoms with Crippen LogP contribution < -0.4 is 20.6 Å². The maximum Gasteiger partial charge on any atom is 0.332 e. The second-order valence-electron chi connectivity index (χ2n) is 2.84. The van der Waals surface area contributed by atoms with Crippen LogP contribution in [0, 0.1) is 0 Å².